The third-order valence-corrected chi connectivity index (χ3v) is 8.11. The summed E-state index contributed by atoms with van der Waals surface area (Å²) in [7, 11) is 0. The molecule has 33 heavy (non-hydrogen) atoms. The lowest BCUT2D eigenvalue weighted by atomic mass is 9.94. The number of fused-ring (bicyclic) bond motifs is 2. The Morgan fingerprint density at radius 1 is 1.33 bits per heavy atom. The van der Waals surface area contributed by atoms with Gasteiger partial charge in [0.05, 0.1) is 31.1 Å². The smallest absolute Gasteiger partial charge is 0.263 e. The molecule has 1 saturated carbocycles. The van der Waals surface area contributed by atoms with Gasteiger partial charge < -0.3 is 24.7 Å². The van der Waals surface area contributed by atoms with Gasteiger partial charge in [-0.3, -0.25) is 4.79 Å². The van der Waals surface area contributed by atoms with Crippen molar-refractivity contribution in [2.45, 2.75) is 63.6 Å². The molecular formula is C25H30N4O3S. The van der Waals surface area contributed by atoms with Crippen LogP contribution in [0.25, 0.3) is 10.9 Å². The van der Waals surface area contributed by atoms with Gasteiger partial charge in [0.15, 0.2) is 5.13 Å². The second-order valence-corrected chi connectivity index (χ2v) is 11.1. The monoisotopic (exact) mass is 466 g/mol. The predicted molar refractivity (Wildman–Crippen MR) is 130 cm³/mol. The number of hydrogen-bond acceptors (Lipinski definition) is 6. The topological polar surface area (TPSA) is 79.5 Å². The van der Waals surface area contributed by atoms with Crippen LogP contribution in [-0.4, -0.2) is 53.3 Å². The Kier molecular flexibility index (Phi) is 5.10. The van der Waals surface area contributed by atoms with Crippen LogP contribution >= 0.6 is 11.3 Å². The van der Waals surface area contributed by atoms with Crippen molar-refractivity contribution in [1.29, 1.82) is 0 Å². The van der Waals surface area contributed by atoms with E-state index in [1.54, 1.807) is 0 Å². The Bertz CT molecular complexity index is 1200. The number of anilines is 1. The average Bonchev–Trinajstić information content (AvgIpc) is 3.35. The van der Waals surface area contributed by atoms with Gasteiger partial charge in [0, 0.05) is 35.6 Å². The quantitative estimate of drug-likeness (QED) is 0.593. The Balaban J connectivity index is 1.26. The Morgan fingerprint density at radius 2 is 2.21 bits per heavy atom. The van der Waals surface area contributed by atoms with Crippen LogP contribution in [0.2, 0.25) is 0 Å². The molecule has 1 atom stereocenters. The second-order valence-electron chi connectivity index (χ2n) is 10.1. The van der Waals surface area contributed by atoms with Gasteiger partial charge in [-0.2, -0.15) is 0 Å². The number of hydrogen-bond donors (Lipinski definition) is 2. The van der Waals surface area contributed by atoms with Crippen LogP contribution in [-0.2, 0) is 17.6 Å². The molecule has 2 N–H and O–H groups in total. The first-order valence-electron chi connectivity index (χ1n) is 11.9. The summed E-state index contributed by atoms with van der Waals surface area (Å²) in [5.74, 6) is 0.941. The number of amides is 1. The molecule has 0 radical (unpaired) electrons. The largest absolute Gasteiger partial charge is 0.490 e. The molecule has 174 valence electrons. The van der Waals surface area contributed by atoms with Gasteiger partial charge in [-0.05, 0) is 63.3 Å². The predicted octanol–water partition coefficient (Wildman–Crippen LogP) is 4.07. The summed E-state index contributed by atoms with van der Waals surface area (Å²) < 4.78 is 12.0. The van der Waals surface area contributed by atoms with E-state index in [4.69, 9.17) is 14.5 Å². The summed E-state index contributed by atoms with van der Waals surface area (Å²) in [5.41, 5.74) is 3.03. The van der Waals surface area contributed by atoms with E-state index in [0.29, 0.717) is 19.3 Å². The summed E-state index contributed by atoms with van der Waals surface area (Å²) >= 11 is 1.51. The van der Waals surface area contributed by atoms with E-state index in [9.17, 15) is 4.79 Å². The standard InChI is InChI=1S/C25H30N4O3S/c1-25(2)12-21-22(23(30)28-25)33-24(27-21)29-8-9-31-14-16(29)10-15-13-26-20-7-6-18(11-19(15)20)32-17-4-3-5-17/h6-7,11,13,16-17,26H,3-5,8-10,12,14H2,1-2H3,(H,28,30)/t16-/m0/s1. The van der Waals surface area contributed by atoms with Crippen LogP contribution in [0.15, 0.2) is 24.4 Å². The highest BCUT2D eigenvalue weighted by atomic mass is 32.1. The summed E-state index contributed by atoms with van der Waals surface area (Å²) in [5, 5.41) is 5.23. The van der Waals surface area contributed by atoms with E-state index in [1.807, 2.05) is 13.8 Å². The van der Waals surface area contributed by atoms with Crippen LogP contribution < -0.4 is 15.0 Å². The van der Waals surface area contributed by atoms with Crippen LogP contribution in [0.3, 0.4) is 0 Å². The van der Waals surface area contributed by atoms with E-state index in [-0.39, 0.29) is 17.5 Å². The fourth-order valence-corrected chi connectivity index (χ4v) is 6.07. The number of carbonyl (C=O) groups excluding carboxylic acids is 1. The van der Waals surface area contributed by atoms with E-state index in [2.05, 4.69) is 39.6 Å². The van der Waals surface area contributed by atoms with E-state index in [0.717, 1.165) is 59.2 Å². The zero-order valence-corrected chi connectivity index (χ0v) is 20.0. The summed E-state index contributed by atoms with van der Waals surface area (Å²) in [6.45, 7) is 6.19. The van der Waals surface area contributed by atoms with Crippen LogP contribution in [0, 0.1) is 0 Å². The summed E-state index contributed by atoms with van der Waals surface area (Å²) in [6, 6.07) is 6.50. The fourth-order valence-electron chi connectivity index (χ4n) is 5.00. The molecule has 2 aromatic heterocycles. The van der Waals surface area contributed by atoms with Crippen molar-refractivity contribution < 1.29 is 14.3 Å². The van der Waals surface area contributed by atoms with E-state index >= 15 is 0 Å². The number of aromatic amines is 1. The van der Waals surface area contributed by atoms with Crippen molar-refractivity contribution in [2.75, 3.05) is 24.7 Å². The Hall–Kier alpha value is -2.58. The number of carbonyl (C=O) groups is 1. The highest BCUT2D eigenvalue weighted by molar-refractivity contribution is 7.17. The number of morpholine rings is 1. The van der Waals surface area contributed by atoms with Crippen LogP contribution in [0.5, 0.6) is 5.75 Å². The molecule has 4 heterocycles. The maximum atomic E-state index is 12.6. The minimum atomic E-state index is -0.261. The second kappa shape index (κ2) is 8.02. The highest BCUT2D eigenvalue weighted by Gasteiger charge is 2.35. The zero-order valence-electron chi connectivity index (χ0n) is 19.1. The van der Waals surface area contributed by atoms with Crippen molar-refractivity contribution in [3.63, 3.8) is 0 Å². The van der Waals surface area contributed by atoms with Crippen molar-refractivity contribution in [1.82, 2.24) is 15.3 Å². The Morgan fingerprint density at radius 3 is 3.03 bits per heavy atom. The van der Waals surface area contributed by atoms with Gasteiger partial charge in [0.2, 0.25) is 0 Å². The minimum absolute atomic E-state index is 0.00886. The van der Waals surface area contributed by atoms with Crippen molar-refractivity contribution in [3.05, 3.63) is 40.5 Å². The van der Waals surface area contributed by atoms with E-state index in [1.165, 1.54) is 28.7 Å². The first-order valence-corrected chi connectivity index (χ1v) is 12.7. The molecule has 6 rings (SSSR count). The normalized spacial score (nSPS) is 22.7. The fraction of sp³-hybridized carbons (Fsp3) is 0.520. The molecule has 2 fully saturated rings. The van der Waals surface area contributed by atoms with Gasteiger partial charge in [0.1, 0.15) is 10.6 Å². The molecule has 8 heteroatoms. The molecule has 7 nitrogen and oxygen atoms in total. The maximum absolute atomic E-state index is 12.6. The lowest BCUT2D eigenvalue weighted by molar-refractivity contribution is 0.0900. The average molecular weight is 467 g/mol. The molecule has 0 unspecified atom stereocenters. The van der Waals surface area contributed by atoms with Crippen molar-refractivity contribution >= 4 is 33.3 Å². The minimum Gasteiger partial charge on any atom is -0.490 e. The number of thiazole rings is 1. The number of nitrogens with zero attached hydrogens (tertiary/aromatic N) is 2. The number of ether oxygens (including phenoxy) is 2. The number of H-pyrrole nitrogens is 1. The van der Waals surface area contributed by atoms with Gasteiger partial charge in [-0.25, -0.2) is 4.98 Å². The molecule has 2 aliphatic heterocycles. The first-order chi connectivity index (χ1) is 15.9. The van der Waals surface area contributed by atoms with Gasteiger partial charge >= 0.3 is 0 Å². The number of rotatable bonds is 5. The van der Waals surface area contributed by atoms with Gasteiger partial charge in [-0.1, -0.05) is 11.3 Å². The molecule has 1 amide bonds. The summed E-state index contributed by atoms with van der Waals surface area (Å²) in [4.78, 5) is 24.0. The molecule has 0 bridgehead atoms. The molecule has 3 aromatic rings. The molecular weight excluding hydrogens is 436 g/mol. The van der Waals surface area contributed by atoms with Gasteiger partial charge in [0.25, 0.3) is 5.91 Å². The molecule has 1 aliphatic carbocycles. The molecule has 0 spiro atoms. The SMILES string of the molecule is CC1(C)Cc2nc(N3CCOC[C@@H]3Cc3c[nH]c4ccc(OC5CCC5)cc34)sc2C(=O)N1. The third kappa shape index (κ3) is 3.99. The lowest BCUT2D eigenvalue weighted by Crippen LogP contribution is -2.48. The maximum Gasteiger partial charge on any atom is 0.263 e. The summed E-state index contributed by atoms with van der Waals surface area (Å²) in [6.07, 6.45) is 7.64. The van der Waals surface area contributed by atoms with Crippen LogP contribution in [0.4, 0.5) is 5.13 Å². The highest BCUT2D eigenvalue weighted by Crippen LogP contribution is 2.35. The number of nitrogens with one attached hydrogen (secondary N) is 2. The lowest BCUT2D eigenvalue weighted by Gasteiger charge is -2.35. The molecule has 1 saturated heterocycles. The Labute approximate surface area is 197 Å². The first kappa shape index (κ1) is 21.0. The van der Waals surface area contributed by atoms with E-state index < -0.39 is 0 Å². The number of benzene rings is 1. The molecule has 1 aromatic carbocycles. The van der Waals surface area contributed by atoms with Crippen LogP contribution in [0.1, 0.15) is 54.0 Å². The third-order valence-electron chi connectivity index (χ3n) is 6.98. The van der Waals surface area contributed by atoms with Crippen molar-refractivity contribution in [3.8, 4) is 5.75 Å². The number of aromatic nitrogens is 2. The molecule has 3 aliphatic rings. The van der Waals surface area contributed by atoms with Crippen molar-refractivity contribution in [2.24, 2.45) is 0 Å². The van der Waals surface area contributed by atoms with Gasteiger partial charge in [-0.15, -0.1) is 0 Å². The zero-order chi connectivity index (χ0) is 22.6.